The first kappa shape index (κ1) is 25.0. The van der Waals surface area contributed by atoms with Gasteiger partial charge in [0.1, 0.15) is 0 Å². The van der Waals surface area contributed by atoms with Crippen molar-refractivity contribution in [2.24, 2.45) is 0 Å². The average Bonchev–Trinajstić information content (AvgIpc) is 3.53. The highest BCUT2D eigenvalue weighted by Gasteiger charge is 2.28. The van der Waals surface area contributed by atoms with Gasteiger partial charge in [0.25, 0.3) is 5.91 Å². The van der Waals surface area contributed by atoms with E-state index in [1.54, 1.807) is 24.7 Å². The molecule has 182 valence electrons. The predicted octanol–water partition coefficient (Wildman–Crippen LogP) is 3.95. The number of carbonyl (C=O) groups excluding carboxylic acids is 2. The summed E-state index contributed by atoms with van der Waals surface area (Å²) < 4.78 is 1.94. The fourth-order valence-electron chi connectivity index (χ4n) is 4.61. The topological polar surface area (TPSA) is 91.0 Å². The minimum Gasteiger partial charge on any atom is -0.351 e. The van der Waals surface area contributed by atoms with E-state index in [1.807, 2.05) is 64.1 Å². The number of hydrogen-bond donors (Lipinski definition) is 1. The van der Waals surface area contributed by atoms with Crippen molar-refractivity contribution in [2.45, 2.75) is 25.4 Å². The van der Waals surface area contributed by atoms with E-state index in [1.165, 1.54) is 0 Å². The highest BCUT2D eigenvalue weighted by molar-refractivity contribution is 6.07. The Hall–Kier alpha value is -4.15. The first-order chi connectivity index (χ1) is 17.1. The average molecular weight is 500 g/mol. The van der Waals surface area contributed by atoms with Crippen LogP contribution in [0.1, 0.15) is 33.6 Å². The maximum absolute atomic E-state index is 13.2. The summed E-state index contributed by atoms with van der Waals surface area (Å²) >= 11 is 0. The molecule has 7 nitrogen and oxygen atoms in total. The Balaban J connectivity index is 0.00000304. The van der Waals surface area contributed by atoms with Crippen LogP contribution in [0.25, 0.3) is 10.8 Å². The number of likely N-dealkylation sites (tertiary alicyclic amines) is 1. The van der Waals surface area contributed by atoms with Crippen LogP contribution in [0.15, 0.2) is 79.3 Å². The lowest BCUT2D eigenvalue weighted by Crippen LogP contribution is -2.39. The van der Waals surface area contributed by atoms with E-state index in [0.29, 0.717) is 30.8 Å². The van der Waals surface area contributed by atoms with Gasteiger partial charge in [0.15, 0.2) is 0 Å². The molecule has 0 unspecified atom stereocenters. The van der Waals surface area contributed by atoms with Crippen molar-refractivity contribution in [3.63, 3.8) is 0 Å². The van der Waals surface area contributed by atoms with E-state index < -0.39 is 0 Å². The summed E-state index contributed by atoms with van der Waals surface area (Å²) in [7, 11) is 0. The molecule has 1 atom stereocenters. The number of aromatic nitrogens is 2. The maximum Gasteiger partial charge on any atom is 0.254 e. The zero-order valence-electron chi connectivity index (χ0n) is 19.6. The molecule has 1 aromatic heterocycles. The van der Waals surface area contributed by atoms with Crippen LogP contribution < -0.4 is 5.32 Å². The van der Waals surface area contributed by atoms with Crippen LogP contribution in [-0.2, 0) is 17.8 Å². The lowest BCUT2D eigenvalue weighted by molar-refractivity contribution is -0.121. The van der Waals surface area contributed by atoms with E-state index in [9.17, 15) is 9.59 Å². The summed E-state index contributed by atoms with van der Waals surface area (Å²) in [6.07, 6.45) is 4.35. The molecular formula is C28H26ClN5O2. The summed E-state index contributed by atoms with van der Waals surface area (Å²) in [5, 5.41) is 14.0. The third-order valence-electron chi connectivity index (χ3n) is 6.44. The molecular weight excluding hydrogens is 474 g/mol. The van der Waals surface area contributed by atoms with Crippen LogP contribution in [-0.4, -0.2) is 45.4 Å². The van der Waals surface area contributed by atoms with Gasteiger partial charge >= 0.3 is 0 Å². The first-order valence-electron chi connectivity index (χ1n) is 11.6. The number of amides is 2. The van der Waals surface area contributed by atoms with Crippen LogP contribution in [0.2, 0.25) is 0 Å². The zero-order valence-corrected chi connectivity index (χ0v) is 20.4. The fraction of sp³-hybridized carbons (Fsp3) is 0.214. The second-order valence-corrected chi connectivity index (χ2v) is 8.83. The van der Waals surface area contributed by atoms with E-state index in [4.69, 9.17) is 5.26 Å². The van der Waals surface area contributed by atoms with Gasteiger partial charge in [-0.2, -0.15) is 5.26 Å². The standard InChI is InChI=1S/C28H25N5O2.ClH/c29-15-20-8-10-21(11-9-20)17-33-19-30-16-24(33)14-27(34)31-23-12-13-32(18-23)28(35)26-7-3-5-22-4-1-2-6-25(22)26;/h1-11,16,19,23H,12-14,17-18H2,(H,31,34);1H/t23-;/m0./s1. The minimum atomic E-state index is -0.0870. The van der Waals surface area contributed by atoms with Gasteiger partial charge in [-0.1, -0.05) is 48.5 Å². The molecule has 0 aliphatic carbocycles. The van der Waals surface area contributed by atoms with Gasteiger partial charge in [0.05, 0.1) is 24.4 Å². The summed E-state index contributed by atoms with van der Waals surface area (Å²) in [4.78, 5) is 32.0. The molecule has 3 aromatic carbocycles. The molecule has 1 aliphatic heterocycles. The Morgan fingerprint density at radius 2 is 1.83 bits per heavy atom. The Bertz CT molecular complexity index is 1420. The Morgan fingerprint density at radius 1 is 1.06 bits per heavy atom. The number of nitriles is 1. The summed E-state index contributed by atoms with van der Waals surface area (Å²) in [5.74, 6) is -0.0879. The van der Waals surface area contributed by atoms with Crippen molar-refractivity contribution in [2.75, 3.05) is 13.1 Å². The molecule has 2 amide bonds. The number of nitrogens with zero attached hydrogens (tertiary/aromatic N) is 4. The number of halogens is 1. The molecule has 1 fully saturated rings. The van der Waals surface area contributed by atoms with E-state index in [2.05, 4.69) is 16.4 Å². The molecule has 2 heterocycles. The van der Waals surface area contributed by atoms with Crippen molar-refractivity contribution >= 4 is 35.0 Å². The lowest BCUT2D eigenvalue weighted by Gasteiger charge is -2.18. The van der Waals surface area contributed by atoms with Crippen LogP contribution in [0.5, 0.6) is 0 Å². The Kier molecular flexibility index (Phi) is 7.67. The quantitative estimate of drug-likeness (QED) is 0.435. The molecule has 0 radical (unpaired) electrons. The monoisotopic (exact) mass is 499 g/mol. The van der Waals surface area contributed by atoms with Crippen molar-refractivity contribution in [3.8, 4) is 6.07 Å². The maximum atomic E-state index is 13.2. The lowest BCUT2D eigenvalue weighted by atomic mass is 10.0. The zero-order chi connectivity index (χ0) is 24.2. The molecule has 0 spiro atoms. The molecule has 1 aliphatic rings. The Morgan fingerprint density at radius 3 is 2.64 bits per heavy atom. The molecule has 1 saturated heterocycles. The molecule has 4 aromatic rings. The summed E-state index contributed by atoms with van der Waals surface area (Å²) in [6, 6.07) is 23.1. The minimum absolute atomic E-state index is 0. The number of benzene rings is 3. The van der Waals surface area contributed by atoms with Gasteiger partial charge in [-0.05, 0) is 41.0 Å². The second-order valence-electron chi connectivity index (χ2n) is 8.83. The van der Waals surface area contributed by atoms with E-state index in [-0.39, 0.29) is 36.7 Å². The number of rotatable bonds is 6. The van der Waals surface area contributed by atoms with Crippen LogP contribution >= 0.6 is 12.4 Å². The Labute approximate surface area is 215 Å². The van der Waals surface area contributed by atoms with Crippen molar-refractivity contribution in [1.29, 1.82) is 5.26 Å². The van der Waals surface area contributed by atoms with Crippen molar-refractivity contribution in [3.05, 3.63) is 102 Å². The van der Waals surface area contributed by atoms with Gasteiger partial charge in [0, 0.05) is 43.1 Å². The number of hydrogen-bond acceptors (Lipinski definition) is 4. The molecule has 5 rings (SSSR count). The van der Waals surface area contributed by atoms with Gasteiger partial charge < -0.3 is 14.8 Å². The number of carbonyl (C=O) groups is 2. The highest BCUT2D eigenvalue weighted by atomic mass is 35.5. The van der Waals surface area contributed by atoms with Crippen LogP contribution in [0.3, 0.4) is 0 Å². The number of imidazole rings is 1. The summed E-state index contributed by atoms with van der Waals surface area (Å²) in [6.45, 7) is 1.69. The van der Waals surface area contributed by atoms with Gasteiger partial charge in [-0.25, -0.2) is 4.98 Å². The fourth-order valence-corrected chi connectivity index (χ4v) is 4.61. The second kappa shape index (κ2) is 11.1. The van der Waals surface area contributed by atoms with E-state index >= 15 is 0 Å². The van der Waals surface area contributed by atoms with Crippen molar-refractivity contribution in [1.82, 2.24) is 19.8 Å². The smallest absolute Gasteiger partial charge is 0.254 e. The third kappa shape index (κ3) is 5.40. The third-order valence-corrected chi connectivity index (χ3v) is 6.44. The number of nitrogens with one attached hydrogen (secondary N) is 1. The summed E-state index contributed by atoms with van der Waals surface area (Å²) in [5.41, 5.74) is 3.15. The van der Waals surface area contributed by atoms with Crippen LogP contribution in [0, 0.1) is 11.3 Å². The van der Waals surface area contributed by atoms with Crippen LogP contribution in [0.4, 0.5) is 0 Å². The molecule has 36 heavy (non-hydrogen) atoms. The molecule has 1 N–H and O–H groups in total. The normalized spacial score (nSPS) is 14.8. The SMILES string of the molecule is Cl.N#Cc1ccc(Cn2cncc2CC(=O)N[C@H]2CCN(C(=O)c3cccc4ccccc34)C2)cc1. The molecule has 8 heteroatoms. The first-order valence-corrected chi connectivity index (χ1v) is 11.6. The number of fused-ring (bicyclic) bond motifs is 1. The highest BCUT2D eigenvalue weighted by Crippen LogP contribution is 2.22. The largest absolute Gasteiger partial charge is 0.351 e. The van der Waals surface area contributed by atoms with Gasteiger partial charge in [-0.3, -0.25) is 9.59 Å². The molecule has 0 bridgehead atoms. The molecule has 0 saturated carbocycles. The predicted molar refractivity (Wildman–Crippen MR) is 140 cm³/mol. The van der Waals surface area contributed by atoms with Gasteiger partial charge in [0.2, 0.25) is 5.91 Å². The van der Waals surface area contributed by atoms with Gasteiger partial charge in [-0.15, -0.1) is 12.4 Å². The van der Waals surface area contributed by atoms with Crippen molar-refractivity contribution < 1.29 is 9.59 Å². The van der Waals surface area contributed by atoms with E-state index in [0.717, 1.165) is 28.5 Å².